The Morgan fingerprint density at radius 2 is 2.00 bits per heavy atom. The Balaban J connectivity index is 2.66. The lowest BCUT2D eigenvalue weighted by Crippen LogP contribution is -2.39. The third-order valence-electron chi connectivity index (χ3n) is 3.21. The highest BCUT2D eigenvalue weighted by Gasteiger charge is 2.39. The van der Waals surface area contributed by atoms with E-state index in [0.717, 1.165) is 13.5 Å². The molecular weight excluding hydrogens is 272 g/mol. The summed E-state index contributed by atoms with van der Waals surface area (Å²) in [5.41, 5.74) is -1.45. The lowest BCUT2D eigenvalue weighted by Gasteiger charge is -2.20. The predicted octanol–water partition coefficient (Wildman–Crippen LogP) is 0.349. The summed E-state index contributed by atoms with van der Waals surface area (Å²) in [4.78, 5) is 23.4. The first-order valence-electron chi connectivity index (χ1n) is 6.13. The van der Waals surface area contributed by atoms with Gasteiger partial charge in [0.15, 0.2) is 15.6 Å². The van der Waals surface area contributed by atoms with Crippen molar-refractivity contribution in [2.45, 2.75) is 32.8 Å². The molecule has 1 aliphatic heterocycles. The Hall–Kier alpha value is -0.950. The van der Waals surface area contributed by atoms with Gasteiger partial charge in [0, 0.05) is 6.61 Å². The van der Waals surface area contributed by atoms with Gasteiger partial charge in [0.1, 0.15) is 11.2 Å². The predicted molar refractivity (Wildman–Crippen MR) is 68.4 cm³/mol. The summed E-state index contributed by atoms with van der Waals surface area (Å²) in [6, 6.07) is 0. The molecule has 0 saturated carbocycles. The van der Waals surface area contributed by atoms with E-state index in [1.165, 1.54) is 13.8 Å². The first kappa shape index (κ1) is 16.1. The minimum atomic E-state index is -3.57. The van der Waals surface area contributed by atoms with Crippen LogP contribution in [0.1, 0.15) is 26.7 Å². The number of Topliss-reactive ketones (excluding diaryl/α,β-unsaturated/α-hetero) is 1. The number of ether oxygens (including phenoxy) is 2. The van der Waals surface area contributed by atoms with Gasteiger partial charge in [0.2, 0.25) is 0 Å². The van der Waals surface area contributed by atoms with Crippen LogP contribution in [0.25, 0.3) is 0 Å². The Labute approximate surface area is 113 Å². The highest BCUT2D eigenvalue weighted by Crippen LogP contribution is 2.21. The molecule has 0 amide bonds. The number of carbonyl (C=O) groups excluding carboxylic acids is 2. The van der Waals surface area contributed by atoms with Crippen LogP contribution in [-0.4, -0.2) is 51.5 Å². The van der Waals surface area contributed by atoms with Crippen LogP contribution >= 0.6 is 0 Å². The average Bonchev–Trinajstić information content (AvgIpc) is 2.78. The van der Waals surface area contributed by atoms with E-state index in [1.54, 1.807) is 0 Å². The molecule has 0 N–H and O–H groups in total. The summed E-state index contributed by atoms with van der Waals surface area (Å²) in [6.45, 7) is 3.29. The maximum atomic E-state index is 11.9. The minimum Gasteiger partial charge on any atom is -0.468 e. The van der Waals surface area contributed by atoms with E-state index in [-0.39, 0.29) is 11.9 Å². The molecular formula is C12H20O6S. The van der Waals surface area contributed by atoms with Crippen molar-refractivity contribution in [3.8, 4) is 0 Å². The van der Waals surface area contributed by atoms with Crippen LogP contribution < -0.4 is 0 Å². The fourth-order valence-corrected chi connectivity index (χ4v) is 3.57. The smallest absolute Gasteiger partial charge is 0.318 e. The molecule has 1 heterocycles. The average molecular weight is 292 g/mol. The van der Waals surface area contributed by atoms with Crippen LogP contribution in [0.2, 0.25) is 0 Å². The molecule has 1 unspecified atom stereocenters. The number of esters is 1. The van der Waals surface area contributed by atoms with Gasteiger partial charge in [0.25, 0.3) is 0 Å². The van der Waals surface area contributed by atoms with Gasteiger partial charge < -0.3 is 9.47 Å². The maximum Gasteiger partial charge on any atom is 0.318 e. The molecule has 0 aromatic carbocycles. The molecule has 19 heavy (non-hydrogen) atoms. The van der Waals surface area contributed by atoms with Crippen LogP contribution in [-0.2, 0) is 28.9 Å². The van der Waals surface area contributed by atoms with Gasteiger partial charge in [-0.25, -0.2) is 8.42 Å². The Morgan fingerprint density at radius 3 is 2.47 bits per heavy atom. The quantitative estimate of drug-likeness (QED) is 0.518. The second-order valence-electron chi connectivity index (χ2n) is 5.23. The van der Waals surface area contributed by atoms with Gasteiger partial charge in [-0.1, -0.05) is 0 Å². The van der Waals surface area contributed by atoms with Crippen molar-refractivity contribution in [2.75, 3.05) is 25.2 Å². The lowest BCUT2D eigenvalue weighted by molar-refractivity contribution is -0.154. The zero-order chi connectivity index (χ0) is 14.7. The standard InChI is InChI=1S/C12H20O6S/c1-12(2,11(14)17-3)10(13)8-19(15,16)7-9-5-4-6-18-9/h9H,4-8H2,1-3H3. The zero-order valence-corrected chi connectivity index (χ0v) is 12.3. The molecule has 1 fully saturated rings. The number of ketones is 1. The monoisotopic (exact) mass is 292 g/mol. The van der Waals surface area contributed by atoms with Crippen molar-refractivity contribution in [3.05, 3.63) is 0 Å². The first-order valence-corrected chi connectivity index (χ1v) is 7.95. The van der Waals surface area contributed by atoms with E-state index in [1.807, 2.05) is 0 Å². The fourth-order valence-electron chi connectivity index (χ4n) is 1.87. The van der Waals surface area contributed by atoms with Gasteiger partial charge in [-0.2, -0.15) is 0 Å². The molecule has 1 aliphatic rings. The number of hydrogen-bond donors (Lipinski definition) is 0. The van der Waals surface area contributed by atoms with Crippen molar-refractivity contribution in [3.63, 3.8) is 0 Å². The van der Waals surface area contributed by atoms with Crippen molar-refractivity contribution in [2.24, 2.45) is 5.41 Å². The number of hydrogen-bond acceptors (Lipinski definition) is 6. The summed E-state index contributed by atoms with van der Waals surface area (Å²) in [6.07, 6.45) is 1.19. The number of sulfone groups is 1. The van der Waals surface area contributed by atoms with Crippen molar-refractivity contribution in [1.82, 2.24) is 0 Å². The Bertz CT molecular complexity index is 445. The molecule has 0 spiro atoms. The fraction of sp³-hybridized carbons (Fsp3) is 0.833. The van der Waals surface area contributed by atoms with Crippen molar-refractivity contribution < 1.29 is 27.5 Å². The maximum absolute atomic E-state index is 11.9. The van der Waals surface area contributed by atoms with Crippen LogP contribution in [0, 0.1) is 5.41 Å². The lowest BCUT2D eigenvalue weighted by atomic mass is 9.89. The normalized spacial score (nSPS) is 20.3. The summed E-state index contributed by atoms with van der Waals surface area (Å²) >= 11 is 0. The van der Waals surface area contributed by atoms with Crippen LogP contribution in [0.5, 0.6) is 0 Å². The minimum absolute atomic E-state index is 0.171. The van der Waals surface area contributed by atoms with Gasteiger partial charge in [-0.15, -0.1) is 0 Å². The van der Waals surface area contributed by atoms with Gasteiger partial charge in [0.05, 0.1) is 19.0 Å². The Kier molecular flexibility index (Phi) is 5.09. The first-order chi connectivity index (χ1) is 8.69. The second-order valence-corrected chi connectivity index (χ2v) is 7.34. The topological polar surface area (TPSA) is 86.7 Å². The molecule has 0 radical (unpaired) electrons. The molecule has 7 heteroatoms. The van der Waals surface area contributed by atoms with Gasteiger partial charge in [-0.05, 0) is 26.7 Å². The second kappa shape index (κ2) is 6.00. The van der Waals surface area contributed by atoms with Crippen LogP contribution in [0.3, 0.4) is 0 Å². The molecule has 0 aliphatic carbocycles. The highest BCUT2D eigenvalue weighted by molar-refractivity contribution is 7.92. The van der Waals surface area contributed by atoms with Crippen molar-refractivity contribution in [1.29, 1.82) is 0 Å². The van der Waals surface area contributed by atoms with E-state index >= 15 is 0 Å². The van der Waals surface area contributed by atoms with Gasteiger partial charge >= 0.3 is 5.97 Å². The molecule has 1 atom stereocenters. The van der Waals surface area contributed by atoms with E-state index < -0.39 is 32.8 Å². The molecule has 1 rings (SSSR count). The van der Waals surface area contributed by atoms with Crippen LogP contribution in [0.4, 0.5) is 0 Å². The third-order valence-corrected chi connectivity index (χ3v) is 4.79. The number of rotatable bonds is 6. The number of carbonyl (C=O) groups is 2. The summed E-state index contributed by atoms with van der Waals surface area (Å²) in [5, 5.41) is 0. The SMILES string of the molecule is COC(=O)C(C)(C)C(=O)CS(=O)(=O)CC1CCCO1. The van der Waals surface area contributed by atoms with E-state index in [9.17, 15) is 18.0 Å². The molecule has 1 saturated heterocycles. The molecule has 110 valence electrons. The summed E-state index contributed by atoms with van der Waals surface area (Å²) in [7, 11) is -2.41. The number of methoxy groups -OCH3 is 1. The van der Waals surface area contributed by atoms with E-state index in [2.05, 4.69) is 4.74 Å². The molecule has 0 aromatic heterocycles. The van der Waals surface area contributed by atoms with Crippen LogP contribution in [0.15, 0.2) is 0 Å². The molecule has 6 nitrogen and oxygen atoms in total. The summed E-state index contributed by atoms with van der Waals surface area (Å²) in [5.74, 6) is -2.22. The van der Waals surface area contributed by atoms with Gasteiger partial charge in [-0.3, -0.25) is 9.59 Å². The van der Waals surface area contributed by atoms with Crippen molar-refractivity contribution >= 4 is 21.6 Å². The molecule has 0 aromatic rings. The highest BCUT2D eigenvalue weighted by atomic mass is 32.2. The van der Waals surface area contributed by atoms with E-state index in [4.69, 9.17) is 4.74 Å². The Morgan fingerprint density at radius 1 is 1.37 bits per heavy atom. The third kappa shape index (κ3) is 4.28. The van der Waals surface area contributed by atoms with E-state index in [0.29, 0.717) is 13.0 Å². The largest absolute Gasteiger partial charge is 0.468 e. The summed E-state index contributed by atoms with van der Waals surface area (Å²) < 4.78 is 33.6. The molecule has 0 bridgehead atoms. The zero-order valence-electron chi connectivity index (χ0n) is 11.5.